The molecule has 2 aromatic heterocycles. The average Bonchev–Trinajstić information content (AvgIpc) is 2.91. The summed E-state index contributed by atoms with van der Waals surface area (Å²) in [5.74, 6) is 0.619. The first-order valence-corrected chi connectivity index (χ1v) is 7.39. The molecule has 3 rings (SSSR count). The van der Waals surface area contributed by atoms with Gasteiger partial charge < -0.3 is 9.72 Å². The van der Waals surface area contributed by atoms with E-state index in [9.17, 15) is 4.79 Å². The summed E-state index contributed by atoms with van der Waals surface area (Å²) in [6, 6.07) is 1.52. The Balaban J connectivity index is 1.72. The molecule has 1 saturated heterocycles. The van der Waals surface area contributed by atoms with Gasteiger partial charge in [-0.2, -0.15) is 0 Å². The van der Waals surface area contributed by atoms with Crippen LogP contribution < -0.4 is 5.56 Å². The summed E-state index contributed by atoms with van der Waals surface area (Å²) in [6.07, 6.45) is 1.67. The summed E-state index contributed by atoms with van der Waals surface area (Å²) in [5, 5.41) is 3.08. The maximum atomic E-state index is 11.5. The van der Waals surface area contributed by atoms with Gasteiger partial charge in [0.25, 0.3) is 5.56 Å². The Morgan fingerprint density at radius 1 is 1.60 bits per heavy atom. The van der Waals surface area contributed by atoms with Gasteiger partial charge in [-0.05, 0) is 6.92 Å². The number of rotatable bonds is 3. The van der Waals surface area contributed by atoms with E-state index < -0.39 is 0 Å². The van der Waals surface area contributed by atoms with Crippen LogP contribution in [0.15, 0.2) is 22.4 Å². The van der Waals surface area contributed by atoms with Gasteiger partial charge in [-0.15, -0.1) is 11.3 Å². The van der Waals surface area contributed by atoms with Crippen molar-refractivity contribution in [2.24, 2.45) is 0 Å². The third-order valence-corrected chi connectivity index (χ3v) is 3.97. The molecule has 106 valence electrons. The lowest BCUT2D eigenvalue weighted by atomic mass is 10.2. The molecule has 0 saturated carbocycles. The van der Waals surface area contributed by atoms with E-state index in [2.05, 4.69) is 19.9 Å². The van der Waals surface area contributed by atoms with E-state index in [0.717, 1.165) is 24.6 Å². The summed E-state index contributed by atoms with van der Waals surface area (Å²) >= 11 is 1.65. The normalized spacial score (nSPS) is 20.1. The first-order valence-electron chi connectivity index (χ1n) is 6.51. The predicted molar refractivity (Wildman–Crippen MR) is 75.7 cm³/mol. The largest absolute Gasteiger partial charge is 0.369 e. The van der Waals surface area contributed by atoms with Gasteiger partial charge in [-0.25, -0.2) is 9.97 Å². The molecule has 0 amide bonds. The van der Waals surface area contributed by atoms with E-state index in [1.54, 1.807) is 18.3 Å². The van der Waals surface area contributed by atoms with Crippen molar-refractivity contribution in [2.75, 3.05) is 19.7 Å². The summed E-state index contributed by atoms with van der Waals surface area (Å²) in [7, 11) is 0. The van der Waals surface area contributed by atoms with Gasteiger partial charge in [0, 0.05) is 30.7 Å². The fourth-order valence-corrected chi connectivity index (χ4v) is 2.97. The molecular formula is C13H16N4O2S. The molecule has 1 N–H and O–H groups in total. The topological polar surface area (TPSA) is 71.1 Å². The lowest BCUT2D eigenvalue weighted by Gasteiger charge is -2.31. The predicted octanol–water partition coefficient (Wildman–Crippen LogP) is 1.11. The van der Waals surface area contributed by atoms with Crippen LogP contribution in [0.1, 0.15) is 22.6 Å². The third-order valence-electron chi connectivity index (χ3n) is 3.20. The van der Waals surface area contributed by atoms with Crippen LogP contribution in [0.2, 0.25) is 0 Å². The van der Waals surface area contributed by atoms with Crippen LogP contribution in [0.5, 0.6) is 0 Å². The molecule has 1 aliphatic heterocycles. The highest BCUT2D eigenvalue weighted by Crippen LogP contribution is 2.21. The zero-order valence-corrected chi connectivity index (χ0v) is 12.0. The van der Waals surface area contributed by atoms with Crippen LogP contribution in [0.25, 0.3) is 0 Å². The third kappa shape index (κ3) is 3.12. The van der Waals surface area contributed by atoms with Gasteiger partial charge in [0.15, 0.2) is 0 Å². The molecule has 7 heteroatoms. The van der Waals surface area contributed by atoms with E-state index in [0.29, 0.717) is 18.1 Å². The zero-order valence-electron chi connectivity index (χ0n) is 11.2. The van der Waals surface area contributed by atoms with Crippen molar-refractivity contribution < 1.29 is 4.74 Å². The van der Waals surface area contributed by atoms with Gasteiger partial charge in [0.1, 0.15) is 16.9 Å². The Morgan fingerprint density at radius 3 is 3.25 bits per heavy atom. The highest BCUT2D eigenvalue weighted by Gasteiger charge is 2.24. The zero-order chi connectivity index (χ0) is 13.9. The average molecular weight is 292 g/mol. The molecule has 1 aliphatic rings. The summed E-state index contributed by atoms with van der Waals surface area (Å²) < 4.78 is 5.75. The van der Waals surface area contributed by atoms with E-state index in [1.807, 2.05) is 11.6 Å². The van der Waals surface area contributed by atoms with Crippen LogP contribution in [-0.4, -0.2) is 39.5 Å². The molecule has 1 fully saturated rings. The lowest BCUT2D eigenvalue weighted by molar-refractivity contribution is -0.0351. The van der Waals surface area contributed by atoms with Crippen LogP contribution in [0.3, 0.4) is 0 Å². The number of H-pyrrole nitrogens is 1. The highest BCUT2D eigenvalue weighted by molar-refractivity contribution is 7.09. The van der Waals surface area contributed by atoms with Gasteiger partial charge in [-0.1, -0.05) is 0 Å². The Kier molecular flexibility index (Phi) is 3.90. The number of aromatic amines is 1. The molecule has 3 heterocycles. The van der Waals surface area contributed by atoms with E-state index >= 15 is 0 Å². The van der Waals surface area contributed by atoms with E-state index in [-0.39, 0.29) is 11.7 Å². The molecule has 0 radical (unpaired) electrons. The second kappa shape index (κ2) is 5.82. The van der Waals surface area contributed by atoms with Gasteiger partial charge in [0.05, 0.1) is 18.8 Å². The number of thiazole rings is 1. The van der Waals surface area contributed by atoms with Crippen LogP contribution in [0.4, 0.5) is 0 Å². The highest BCUT2D eigenvalue weighted by atomic mass is 32.1. The van der Waals surface area contributed by atoms with Crippen molar-refractivity contribution in [1.82, 2.24) is 19.9 Å². The van der Waals surface area contributed by atoms with Crippen molar-refractivity contribution in [3.8, 4) is 0 Å². The Hall–Kier alpha value is -1.57. The number of morpholine rings is 1. The number of nitrogens with zero attached hydrogens (tertiary/aromatic N) is 3. The SMILES string of the molecule is Cc1nc([C@@H]2CN(Cc3nccs3)CCO2)cc(=O)[nH]1. The minimum Gasteiger partial charge on any atom is -0.369 e. The minimum atomic E-state index is -0.148. The summed E-state index contributed by atoms with van der Waals surface area (Å²) in [4.78, 5) is 25.1. The summed E-state index contributed by atoms with van der Waals surface area (Å²) in [6.45, 7) is 4.85. The van der Waals surface area contributed by atoms with Gasteiger partial charge >= 0.3 is 0 Å². The Bertz CT molecular complexity index is 626. The number of aromatic nitrogens is 3. The van der Waals surface area contributed by atoms with Crippen molar-refractivity contribution in [2.45, 2.75) is 19.6 Å². The molecule has 0 spiro atoms. The molecule has 20 heavy (non-hydrogen) atoms. The molecule has 0 aliphatic carbocycles. The standard InChI is InChI=1S/C13H16N4O2S/c1-9-15-10(6-12(18)16-9)11-7-17(3-4-19-11)8-13-14-2-5-20-13/h2,5-6,11H,3-4,7-8H2,1H3,(H,15,16,18)/t11-/m0/s1. The van der Waals surface area contributed by atoms with Crippen molar-refractivity contribution in [3.05, 3.63) is 44.5 Å². The first-order chi connectivity index (χ1) is 9.70. The summed E-state index contributed by atoms with van der Waals surface area (Å²) in [5.41, 5.74) is 0.572. The molecule has 6 nitrogen and oxygen atoms in total. The van der Waals surface area contributed by atoms with E-state index in [1.165, 1.54) is 6.07 Å². The van der Waals surface area contributed by atoms with Gasteiger partial charge in [-0.3, -0.25) is 9.69 Å². The molecule has 0 unspecified atom stereocenters. The maximum absolute atomic E-state index is 11.5. The molecule has 0 bridgehead atoms. The number of nitrogens with one attached hydrogen (secondary N) is 1. The minimum absolute atomic E-state index is 0.131. The first kappa shape index (κ1) is 13.4. The second-order valence-corrected chi connectivity index (χ2v) is 5.76. The fourth-order valence-electron chi connectivity index (χ4n) is 2.31. The molecular weight excluding hydrogens is 276 g/mol. The quantitative estimate of drug-likeness (QED) is 0.917. The number of ether oxygens (including phenoxy) is 1. The number of aryl methyl sites for hydroxylation is 1. The van der Waals surface area contributed by atoms with Crippen molar-refractivity contribution >= 4 is 11.3 Å². The monoisotopic (exact) mass is 292 g/mol. The number of hydrogen-bond donors (Lipinski definition) is 1. The number of hydrogen-bond acceptors (Lipinski definition) is 6. The maximum Gasteiger partial charge on any atom is 0.251 e. The van der Waals surface area contributed by atoms with Crippen molar-refractivity contribution in [1.29, 1.82) is 0 Å². The van der Waals surface area contributed by atoms with Crippen LogP contribution in [-0.2, 0) is 11.3 Å². The fraction of sp³-hybridized carbons (Fsp3) is 0.462. The van der Waals surface area contributed by atoms with Crippen LogP contribution in [0, 0.1) is 6.92 Å². The van der Waals surface area contributed by atoms with E-state index in [4.69, 9.17) is 4.74 Å². The Morgan fingerprint density at radius 2 is 2.50 bits per heavy atom. The second-order valence-electron chi connectivity index (χ2n) is 4.78. The molecule has 0 aromatic carbocycles. The molecule has 1 atom stereocenters. The van der Waals surface area contributed by atoms with Crippen molar-refractivity contribution in [3.63, 3.8) is 0 Å². The lowest BCUT2D eigenvalue weighted by Crippen LogP contribution is -2.38. The Labute approximate surface area is 120 Å². The van der Waals surface area contributed by atoms with Crippen LogP contribution >= 0.6 is 11.3 Å². The molecule has 2 aromatic rings. The smallest absolute Gasteiger partial charge is 0.251 e. The van der Waals surface area contributed by atoms with Gasteiger partial charge in [0.2, 0.25) is 0 Å².